The number of para-hydroxylation sites is 1. The summed E-state index contributed by atoms with van der Waals surface area (Å²) in [5.74, 6) is 0.437. The number of carbonyl (C=O) groups excluding carboxylic acids is 1. The molecule has 3 rings (SSSR count). The van der Waals surface area contributed by atoms with Crippen LogP contribution in [0.4, 0.5) is 5.69 Å². The van der Waals surface area contributed by atoms with E-state index in [2.05, 4.69) is 5.32 Å². The summed E-state index contributed by atoms with van der Waals surface area (Å²) in [4.78, 5) is 12.7. The van der Waals surface area contributed by atoms with Gasteiger partial charge < -0.3 is 14.8 Å². The Bertz CT molecular complexity index is 1260. The molecule has 0 aromatic heterocycles. The first kappa shape index (κ1) is 25.5. The molecule has 5 nitrogen and oxygen atoms in total. The van der Waals surface area contributed by atoms with Crippen LogP contribution in [0, 0.1) is 18.3 Å². The van der Waals surface area contributed by atoms with Crippen LogP contribution in [-0.4, -0.2) is 12.5 Å². The average Bonchev–Trinajstić information content (AvgIpc) is 2.81. The van der Waals surface area contributed by atoms with Gasteiger partial charge in [-0.15, -0.1) is 0 Å². The van der Waals surface area contributed by atoms with Crippen molar-refractivity contribution in [2.24, 2.45) is 0 Å². The first-order valence-electron chi connectivity index (χ1n) is 10.3. The number of nitriles is 1. The molecule has 174 valence electrons. The Labute approximate surface area is 213 Å². The molecule has 1 N–H and O–H groups in total. The number of nitrogens with zero attached hydrogens (tertiary/aromatic N) is 1. The van der Waals surface area contributed by atoms with E-state index in [1.54, 1.807) is 42.5 Å². The molecule has 3 aromatic rings. The predicted molar refractivity (Wildman–Crippen MR) is 137 cm³/mol. The van der Waals surface area contributed by atoms with Gasteiger partial charge >= 0.3 is 0 Å². The largest absolute Gasteiger partial charge is 0.490 e. The fourth-order valence-electron chi connectivity index (χ4n) is 3.08. The Kier molecular flexibility index (Phi) is 8.84. The van der Waals surface area contributed by atoms with Gasteiger partial charge in [0.1, 0.15) is 18.2 Å². The van der Waals surface area contributed by atoms with Crippen molar-refractivity contribution in [1.29, 1.82) is 5.26 Å². The Hall–Kier alpha value is -3.17. The first-order valence-corrected chi connectivity index (χ1v) is 11.5. The van der Waals surface area contributed by atoms with Crippen molar-refractivity contribution in [2.45, 2.75) is 20.5 Å². The highest BCUT2D eigenvalue weighted by Gasteiger charge is 2.14. The number of anilines is 1. The van der Waals surface area contributed by atoms with Gasteiger partial charge in [0.25, 0.3) is 5.91 Å². The van der Waals surface area contributed by atoms with Gasteiger partial charge in [0.2, 0.25) is 0 Å². The number of hydrogen-bond donors (Lipinski definition) is 1. The SMILES string of the molecule is CCOc1cc(/C=C(\C#N)C(=O)Nc2c(C)cccc2Cl)ccc1OCc1ccc(Cl)c(Cl)c1. The van der Waals surface area contributed by atoms with Gasteiger partial charge in [0.05, 0.1) is 27.4 Å². The molecule has 0 spiro atoms. The van der Waals surface area contributed by atoms with Crippen LogP contribution in [0.3, 0.4) is 0 Å². The summed E-state index contributed by atoms with van der Waals surface area (Å²) in [6, 6.07) is 17.7. The van der Waals surface area contributed by atoms with Gasteiger partial charge in [0.15, 0.2) is 11.5 Å². The van der Waals surface area contributed by atoms with Crippen LogP contribution in [0.15, 0.2) is 60.2 Å². The second-order valence-electron chi connectivity index (χ2n) is 7.23. The molecule has 0 fully saturated rings. The second-order valence-corrected chi connectivity index (χ2v) is 8.45. The molecule has 3 aromatic carbocycles. The van der Waals surface area contributed by atoms with Crippen LogP contribution >= 0.6 is 34.8 Å². The van der Waals surface area contributed by atoms with E-state index >= 15 is 0 Å². The normalized spacial score (nSPS) is 11.0. The first-order chi connectivity index (χ1) is 16.3. The smallest absolute Gasteiger partial charge is 0.266 e. The quantitative estimate of drug-likeness (QED) is 0.249. The lowest BCUT2D eigenvalue weighted by Gasteiger charge is -2.13. The molecule has 0 aliphatic carbocycles. The summed E-state index contributed by atoms with van der Waals surface area (Å²) in [7, 11) is 0. The third-order valence-corrected chi connectivity index (χ3v) is 5.84. The molecule has 0 bridgehead atoms. The Morgan fingerprint density at radius 1 is 1.00 bits per heavy atom. The van der Waals surface area contributed by atoms with E-state index in [4.69, 9.17) is 44.3 Å². The average molecular weight is 516 g/mol. The van der Waals surface area contributed by atoms with E-state index in [-0.39, 0.29) is 12.2 Å². The van der Waals surface area contributed by atoms with Crippen LogP contribution in [-0.2, 0) is 11.4 Å². The molecule has 0 heterocycles. The predicted octanol–water partition coefficient (Wildman–Crippen LogP) is 7.48. The summed E-state index contributed by atoms with van der Waals surface area (Å²) in [6.45, 7) is 4.34. The highest BCUT2D eigenvalue weighted by atomic mass is 35.5. The molecule has 34 heavy (non-hydrogen) atoms. The zero-order valence-corrected chi connectivity index (χ0v) is 20.8. The third-order valence-electron chi connectivity index (χ3n) is 4.78. The molecule has 0 saturated carbocycles. The van der Waals surface area contributed by atoms with Crippen LogP contribution in [0.25, 0.3) is 6.08 Å². The van der Waals surface area contributed by atoms with Gasteiger partial charge in [-0.3, -0.25) is 4.79 Å². The standard InChI is InChI=1S/C26H21Cl3N2O3/c1-3-33-24-13-17(8-10-23(24)34-15-18-7-9-20(27)22(29)12-18)11-19(14-30)26(32)31-25-16(2)5-4-6-21(25)28/h4-13H,3,15H2,1-2H3,(H,31,32)/b19-11+. The summed E-state index contributed by atoms with van der Waals surface area (Å²) >= 11 is 18.2. The Morgan fingerprint density at radius 3 is 2.47 bits per heavy atom. The van der Waals surface area contributed by atoms with Crippen LogP contribution in [0.1, 0.15) is 23.6 Å². The van der Waals surface area contributed by atoms with Crippen molar-refractivity contribution in [3.05, 3.63) is 91.9 Å². The molecule has 0 atom stereocenters. The fraction of sp³-hybridized carbons (Fsp3) is 0.154. The Morgan fingerprint density at radius 2 is 1.79 bits per heavy atom. The maximum Gasteiger partial charge on any atom is 0.266 e. The molecule has 0 unspecified atom stereocenters. The van der Waals surface area contributed by atoms with Crippen molar-refractivity contribution < 1.29 is 14.3 Å². The van der Waals surface area contributed by atoms with E-state index in [0.29, 0.717) is 44.4 Å². The van der Waals surface area contributed by atoms with Crippen LogP contribution in [0.2, 0.25) is 15.1 Å². The van der Waals surface area contributed by atoms with Crippen LogP contribution < -0.4 is 14.8 Å². The number of aryl methyl sites for hydroxylation is 1. The zero-order valence-electron chi connectivity index (χ0n) is 18.5. The lowest BCUT2D eigenvalue weighted by Crippen LogP contribution is -2.14. The highest BCUT2D eigenvalue weighted by molar-refractivity contribution is 6.42. The minimum atomic E-state index is -0.559. The molecule has 8 heteroatoms. The van der Waals surface area contributed by atoms with E-state index in [0.717, 1.165) is 11.1 Å². The monoisotopic (exact) mass is 514 g/mol. The number of nitrogens with one attached hydrogen (secondary N) is 1. The molecule has 0 aliphatic heterocycles. The van der Waals surface area contributed by atoms with Crippen molar-refractivity contribution in [2.75, 3.05) is 11.9 Å². The number of hydrogen-bond acceptors (Lipinski definition) is 4. The number of benzene rings is 3. The second kappa shape index (κ2) is 11.8. The van der Waals surface area contributed by atoms with Gasteiger partial charge in [-0.05, 0) is 66.9 Å². The Balaban J connectivity index is 1.81. The van der Waals surface area contributed by atoms with Gasteiger partial charge in [-0.25, -0.2) is 0 Å². The maximum atomic E-state index is 12.7. The number of rotatable bonds is 8. The third kappa shape index (κ3) is 6.45. The minimum Gasteiger partial charge on any atom is -0.490 e. The fourth-order valence-corrected chi connectivity index (χ4v) is 3.67. The van der Waals surface area contributed by atoms with E-state index < -0.39 is 5.91 Å². The summed E-state index contributed by atoms with van der Waals surface area (Å²) in [5, 5.41) is 13.6. The lowest BCUT2D eigenvalue weighted by atomic mass is 10.1. The molecular formula is C26H21Cl3N2O3. The van der Waals surface area contributed by atoms with Crippen molar-refractivity contribution >= 4 is 52.5 Å². The number of carbonyl (C=O) groups is 1. The van der Waals surface area contributed by atoms with Gasteiger partial charge in [-0.2, -0.15) is 5.26 Å². The molecule has 0 aliphatic rings. The molecule has 0 radical (unpaired) electrons. The van der Waals surface area contributed by atoms with Crippen molar-refractivity contribution in [3.8, 4) is 17.6 Å². The van der Waals surface area contributed by atoms with Gasteiger partial charge in [0, 0.05) is 0 Å². The van der Waals surface area contributed by atoms with E-state index in [1.807, 2.05) is 32.0 Å². The zero-order chi connectivity index (χ0) is 24.7. The summed E-state index contributed by atoms with van der Waals surface area (Å²) < 4.78 is 11.6. The molecular weight excluding hydrogens is 495 g/mol. The van der Waals surface area contributed by atoms with Crippen molar-refractivity contribution in [3.63, 3.8) is 0 Å². The maximum absolute atomic E-state index is 12.7. The van der Waals surface area contributed by atoms with E-state index in [1.165, 1.54) is 6.08 Å². The number of halogens is 3. The highest BCUT2D eigenvalue weighted by Crippen LogP contribution is 2.31. The van der Waals surface area contributed by atoms with Crippen LogP contribution in [0.5, 0.6) is 11.5 Å². The topological polar surface area (TPSA) is 71.3 Å². The summed E-state index contributed by atoms with van der Waals surface area (Å²) in [5.41, 5.74) is 2.63. The number of ether oxygens (including phenoxy) is 2. The molecule has 1 amide bonds. The lowest BCUT2D eigenvalue weighted by molar-refractivity contribution is -0.112. The van der Waals surface area contributed by atoms with Crippen molar-refractivity contribution in [1.82, 2.24) is 0 Å². The van der Waals surface area contributed by atoms with E-state index in [9.17, 15) is 10.1 Å². The summed E-state index contributed by atoms with van der Waals surface area (Å²) in [6.07, 6.45) is 1.48. The minimum absolute atomic E-state index is 0.0776. The van der Waals surface area contributed by atoms with Gasteiger partial charge in [-0.1, -0.05) is 59.1 Å². The molecule has 0 saturated heterocycles. The number of amides is 1.